The largest absolute Gasteiger partial charge is 0.477 e. The zero-order chi connectivity index (χ0) is 9.68. The summed E-state index contributed by atoms with van der Waals surface area (Å²) in [6.07, 6.45) is 0. The van der Waals surface area contributed by atoms with E-state index in [0.29, 0.717) is 0 Å². The number of carboxylic acids is 1. The summed E-state index contributed by atoms with van der Waals surface area (Å²) >= 11 is 0. The molecule has 70 valence electrons. The maximum atomic E-state index is 10.5. The molecule has 13 heavy (non-hydrogen) atoms. The zero-order valence-electron chi connectivity index (χ0n) is 7.06. The maximum Gasteiger partial charge on any atom is 0.354 e. The predicted octanol–water partition coefficient (Wildman–Crippen LogP) is 0.762. The van der Waals surface area contributed by atoms with Crippen LogP contribution in [0.4, 0.5) is 0 Å². The first-order valence-corrected chi connectivity index (χ1v) is 3.56. The van der Waals surface area contributed by atoms with E-state index < -0.39 is 5.97 Å². The highest BCUT2D eigenvalue weighted by Crippen LogP contribution is 2.07. The average molecular weight is 183 g/mol. The van der Waals surface area contributed by atoms with Gasteiger partial charge in [0.25, 0.3) is 0 Å². The van der Waals surface area contributed by atoms with Crippen LogP contribution in [0.1, 0.15) is 10.5 Å². The van der Waals surface area contributed by atoms with Crippen LogP contribution < -0.4 is 4.74 Å². The third kappa shape index (κ3) is 2.72. The van der Waals surface area contributed by atoms with Crippen LogP contribution in [-0.2, 0) is 4.74 Å². The summed E-state index contributed by atoms with van der Waals surface area (Å²) in [6, 6.07) is 4.51. The Kier molecular flexibility index (Phi) is 3.22. The van der Waals surface area contributed by atoms with E-state index in [0.717, 1.165) is 0 Å². The zero-order valence-corrected chi connectivity index (χ0v) is 7.06. The van der Waals surface area contributed by atoms with Crippen molar-refractivity contribution in [1.29, 1.82) is 0 Å². The highest BCUT2D eigenvalue weighted by atomic mass is 16.7. The summed E-state index contributed by atoms with van der Waals surface area (Å²) in [6.45, 7) is 0.0517. The van der Waals surface area contributed by atoms with E-state index >= 15 is 0 Å². The quantitative estimate of drug-likeness (QED) is 0.698. The number of nitrogens with zero attached hydrogens (tertiary/aromatic N) is 1. The summed E-state index contributed by atoms with van der Waals surface area (Å²) < 4.78 is 9.59. The van der Waals surface area contributed by atoms with Gasteiger partial charge in [0.1, 0.15) is 0 Å². The smallest absolute Gasteiger partial charge is 0.354 e. The fraction of sp³-hybridized carbons (Fsp3) is 0.250. The molecule has 0 radical (unpaired) electrons. The molecule has 0 aliphatic carbocycles. The van der Waals surface area contributed by atoms with Gasteiger partial charge in [-0.1, -0.05) is 6.07 Å². The van der Waals surface area contributed by atoms with E-state index in [1.54, 1.807) is 12.1 Å². The molecule has 0 bridgehead atoms. The van der Waals surface area contributed by atoms with Gasteiger partial charge in [-0.25, -0.2) is 9.78 Å². The SMILES string of the molecule is COCOc1cccc(C(=O)O)n1. The van der Waals surface area contributed by atoms with Crippen LogP contribution >= 0.6 is 0 Å². The van der Waals surface area contributed by atoms with E-state index in [9.17, 15) is 4.79 Å². The fourth-order valence-corrected chi connectivity index (χ4v) is 0.734. The molecule has 0 saturated carbocycles. The lowest BCUT2D eigenvalue weighted by atomic mass is 10.3. The maximum absolute atomic E-state index is 10.5. The molecular weight excluding hydrogens is 174 g/mol. The molecule has 1 aromatic rings. The van der Waals surface area contributed by atoms with Gasteiger partial charge in [0.2, 0.25) is 5.88 Å². The molecule has 0 aliphatic heterocycles. The minimum absolute atomic E-state index is 0.0476. The Morgan fingerprint density at radius 3 is 3.00 bits per heavy atom. The highest BCUT2D eigenvalue weighted by molar-refractivity contribution is 5.85. The molecule has 1 heterocycles. The van der Waals surface area contributed by atoms with E-state index in [4.69, 9.17) is 9.84 Å². The van der Waals surface area contributed by atoms with Crippen molar-refractivity contribution in [3.8, 4) is 5.88 Å². The minimum atomic E-state index is -1.08. The summed E-state index contributed by atoms with van der Waals surface area (Å²) in [5.41, 5.74) is -0.0476. The van der Waals surface area contributed by atoms with Crippen LogP contribution in [0.5, 0.6) is 5.88 Å². The molecule has 1 rings (SSSR count). The summed E-state index contributed by atoms with van der Waals surface area (Å²) in [7, 11) is 1.47. The second kappa shape index (κ2) is 4.42. The van der Waals surface area contributed by atoms with Crippen molar-refractivity contribution in [1.82, 2.24) is 4.98 Å². The van der Waals surface area contributed by atoms with Crippen molar-refractivity contribution in [2.75, 3.05) is 13.9 Å². The third-order valence-corrected chi connectivity index (χ3v) is 1.27. The Morgan fingerprint density at radius 2 is 2.38 bits per heavy atom. The standard InChI is InChI=1S/C8H9NO4/c1-12-5-13-7-4-2-3-6(9-7)8(10)11/h2-4H,5H2,1H3,(H,10,11). The summed E-state index contributed by atoms with van der Waals surface area (Å²) in [4.78, 5) is 14.2. The van der Waals surface area contributed by atoms with Crippen LogP contribution in [0.25, 0.3) is 0 Å². The number of aromatic carboxylic acids is 1. The lowest BCUT2D eigenvalue weighted by Crippen LogP contribution is -2.04. The van der Waals surface area contributed by atoms with Gasteiger partial charge in [-0.2, -0.15) is 0 Å². The first kappa shape index (κ1) is 9.47. The molecule has 1 aromatic heterocycles. The van der Waals surface area contributed by atoms with Crippen LogP contribution in [0, 0.1) is 0 Å². The van der Waals surface area contributed by atoms with Crippen LogP contribution in [-0.4, -0.2) is 30.0 Å². The van der Waals surface area contributed by atoms with Crippen molar-refractivity contribution in [2.24, 2.45) is 0 Å². The van der Waals surface area contributed by atoms with E-state index in [-0.39, 0.29) is 18.4 Å². The molecule has 0 aromatic carbocycles. The highest BCUT2D eigenvalue weighted by Gasteiger charge is 2.04. The van der Waals surface area contributed by atoms with Crippen molar-refractivity contribution >= 4 is 5.97 Å². The van der Waals surface area contributed by atoms with Crippen molar-refractivity contribution in [3.05, 3.63) is 23.9 Å². The number of carbonyl (C=O) groups is 1. The van der Waals surface area contributed by atoms with Gasteiger partial charge in [0.05, 0.1) is 0 Å². The number of carboxylic acid groups (broad SMARTS) is 1. The Balaban J connectivity index is 2.73. The number of aromatic nitrogens is 1. The van der Waals surface area contributed by atoms with Gasteiger partial charge in [0, 0.05) is 13.2 Å². The summed E-state index contributed by atoms with van der Waals surface area (Å²) in [5.74, 6) is -0.843. The van der Waals surface area contributed by atoms with Gasteiger partial charge in [-0.3, -0.25) is 0 Å². The van der Waals surface area contributed by atoms with Crippen molar-refractivity contribution in [3.63, 3.8) is 0 Å². The first-order chi connectivity index (χ1) is 6.24. The molecule has 0 aliphatic rings. The topological polar surface area (TPSA) is 68.7 Å². The van der Waals surface area contributed by atoms with Crippen LogP contribution in [0.2, 0.25) is 0 Å². The van der Waals surface area contributed by atoms with Gasteiger partial charge < -0.3 is 14.6 Å². The summed E-state index contributed by atoms with van der Waals surface area (Å²) in [5, 5.41) is 8.59. The third-order valence-electron chi connectivity index (χ3n) is 1.27. The van der Waals surface area contributed by atoms with E-state index in [1.165, 1.54) is 13.2 Å². The molecule has 0 fully saturated rings. The lowest BCUT2D eigenvalue weighted by Gasteiger charge is -2.02. The lowest BCUT2D eigenvalue weighted by molar-refractivity contribution is 0.0470. The molecule has 5 nitrogen and oxygen atoms in total. The predicted molar refractivity (Wildman–Crippen MR) is 43.7 cm³/mol. The number of hydrogen-bond acceptors (Lipinski definition) is 4. The van der Waals surface area contributed by atoms with Crippen molar-refractivity contribution < 1.29 is 19.4 Å². The monoisotopic (exact) mass is 183 g/mol. The Morgan fingerprint density at radius 1 is 1.62 bits per heavy atom. The van der Waals surface area contributed by atoms with Gasteiger partial charge in [0.15, 0.2) is 12.5 Å². The molecule has 0 atom stereocenters. The van der Waals surface area contributed by atoms with Gasteiger partial charge in [-0.15, -0.1) is 0 Å². The molecule has 0 spiro atoms. The molecule has 1 N–H and O–H groups in total. The number of rotatable bonds is 4. The van der Waals surface area contributed by atoms with Crippen LogP contribution in [0.15, 0.2) is 18.2 Å². The number of hydrogen-bond donors (Lipinski definition) is 1. The van der Waals surface area contributed by atoms with Gasteiger partial charge in [-0.05, 0) is 6.07 Å². The molecular formula is C8H9NO4. The Bertz CT molecular complexity index is 300. The van der Waals surface area contributed by atoms with E-state index in [1.807, 2.05) is 0 Å². The Hall–Kier alpha value is -1.62. The number of ether oxygens (including phenoxy) is 2. The second-order valence-electron chi connectivity index (χ2n) is 2.22. The average Bonchev–Trinajstić information content (AvgIpc) is 2.15. The van der Waals surface area contributed by atoms with E-state index in [2.05, 4.69) is 9.72 Å². The molecule has 5 heteroatoms. The fourth-order valence-electron chi connectivity index (χ4n) is 0.734. The Labute approximate surface area is 74.9 Å². The molecule has 0 unspecified atom stereocenters. The molecule has 0 saturated heterocycles. The number of methoxy groups -OCH3 is 1. The van der Waals surface area contributed by atoms with Crippen molar-refractivity contribution in [2.45, 2.75) is 0 Å². The van der Waals surface area contributed by atoms with Crippen LogP contribution in [0.3, 0.4) is 0 Å². The first-order valence-electron chi connectivity index (χ1n) is 3.56. The number of pyridine rings is 1. The second-order valence-corrected chi connectivity index (χ2v) is 2.22. The molecule has 0 amide bonds. The minimum Gasteiger partial charge on any atom is -0.477 e. The van der Waals surface area contributed by atoms with Gasteiger partial charge >= 0.3 is 5.97 Å². The normalized spacial score (nSPS) is 9.62.